The summed E-state index contributed by atoms with van der Waals surface area (Å²) < 4.78 is 0. The van der Waals surface area contributed by atoms with Gasteiger partial charge >= 0.3 is 0 Å². The Bertz CT molecular complexity index is 61.1. The first-order valence-corrected chi connectivity index (χ1v) is 2.90. The minimum absolute atomic E-state index is 0.141. The van der Waals surface area contributed by atoms with Crippen molar-refractivity contribution < 1.29 is 5.11 Å². The van der Waals surface area contributed by atoms with Crippen molar-refractivity contribution in [2.24, 2.45) is 0 Å². The van der Waals surface area contributed by atoms with Crippen molar-refractivity contribution in [2.75, 3.05) is 0 Å². The van der Waals surface area contributed by atoms with Gasteiger partial charge in [-0.25, -0.2) is 0 Å². The molecule has 0 aromatic heterocycles. The Morgan fingerprint density at radius 3 is 2.43 bits per heavy atom. The summed E-state index contributed by atoms with van der Waals surface area (Å²) in [6.45, 7) is 2.07. The van der Waals surface area contributed by atoms with Crippen LogP contribution in [0.2, 0.25) is 0 Å². The minimum Gasteiger partial charge on any atom is -0.502 e. The number of aliphatic hydroxyl groups is 1. The van der Waals surface area contributed by atoms with E-state index in [0.717, 1.165) is 12.8 Å². The van der Waals surface area contributed by atoms with Crippen molar-refractivity contribution in [1.29, 1.82) is 0 Å². The Balaban J connectivity index is 2.82. The topological polar surface area (TPSA) is 20.2 Å². The van der Waals surface area contributed by atoms with Crippen molar-refractivity contribution in [3.05, 3.63) is 0 Å². The van der Waals surface area contributed by atoms with Crippen molar-refractivity contribution >= 4 is 17.3 Å². The first-order valence-electron chi connectivity index (χ1n) is 2.49. The van der Waals surface area contributed by atoms with Crippen LogP contribution in [0.25, 0.3) is 0 Å². The van der Waals surface area contributed by atoms with Gasteiger partial charge in [-0.05, 0) is 18.6 Å². The number of unbranched alkanes of at least 4 members (excludes halogenated alkanes) is 1. The third-order valence-corrected chi connectivity index (χ3v) is 0.948. The number of thiocarbonyl (C=S) groups is 1. The van der Waals surface area contributed by atoms with Crippen molar-refractivity contribution in [3.8, 4) is 0 Å². The lowest BCUT2D eigenvalue weighted by atomic mass is 10.3. The maximum atomic E-state index is 8.41. The zero-order valence-electron chi connectivity index (χ0n) is 4.48. The Kier molecular flexibility index (Phi) is 4.00. The lowest BCUT2D eigenvalue weighted by molar-refractivity contribution is 0.542. The van der Waals surface area contributed by atoms with E-state index in [1.54, 1.807) is 0 Å². The molecule has 0 amide bonds. The van der Waals surface area contributed by atoms with Crippen LogP contribution in [0.5, 0.6) is 0 Å². The zero-order valence-corrected chi connectivity index (χ0v) is 5.29. The number of rotatable bonds is 3. The highest BCUT2D eigenvalue weighted by molar-refractivity contribution is 7.80. The average molecular weight is 118 g/mol. The van der Waals surface area contributed by atoms with E-state index in [1.807, 2.05) is 0 Å². The van der Waals surface area contributed by atoms with Gasteiger partial charge in [-0.1, -0.05) is 13.3 Å². The average Bonchev–Trinajstić information content (AvgIpc) is 1.61. The fourth-order valence-corrected chi connectivity index (χ4v) is 0.472. The van der Waals surface area contributed by atoms with Crippen LogP contribution in [0.4, 0.5) is 0 Å². The summed E-state index contributed by atoms with van der Waals surface area (Å²) in [6, 6.07) is 0. The molecule has 0 saturated heterocycles. The normalized spacial score (nSPS) is 8.71. The van der Waals surface area contributed by atoms with Crippen LogP contribution in [-0.4, -0.2) is 10.2 Å². The highest BCUT2D eigenvalue weighted by atomic mass is 32.1. The molecule has 0 fully saturated rings. The molecule has 0 unspecified atom stereocenters. The van der Waals surface area contributed by atoms with E-state index in [2.05, 4.69) is 19.1 Å². The number of aliphatic hydroxyl groups excluding tert-OH is 1. The minimum atomic E-state index is 0.141. The van der Waals surface area contributed by atoms with Crippen LogP contribution >= 0.6 is 12.2 Å². The molecule has 0 radical (unpaired) electrons. The smallest absolute Gasteiger partial charge is 0.156 e. The van der Waals surface area contributed by atoms with Gasteiger partial charge in [-0.2, -0.15) is 0 Å². The Morgan fingerprint density at radius 1 is 1.71 bits per heavy atom. The van der Waals surface area contributed by atoms with Gasteiger partial charge in [0.05, 0.1) is 0 Å². The third-order valence-electron chi connectivity index (χ3n) is 0.744. The quantitative estimate of drug-likeness (QED) is 0.572. The fourth-order valence-electron chi connectivity index (χ4n) is 0.328. The standard InChI is InChI=1S/C5H10OS/c1-2-3-4-5(6)7/h2-4H2,1H3,(H,6,7). The van der Waals surface area contributed by atoms with E-state index < -0.39 is 0 Å². The fraction of sp³-hybridized carbons (Fsp3) is 0.800. The van der Waals surface area contributed by atoms with Crippen LogP contribution in [-0.2, 0) is 0 Å². The van der Waals surface area contributed by atoms with Gasteiger partial charge in [-0.3, -0.25) is 0 Å². The second-order valence-electron chi connectivity index (χ2n) is 1.50. The molecule has 0 spiro atoms. The molecule has 7 heavy (non-hydrogen) atoms. The number of hydrogen-bond acceptors (Lipinski definition) is 1. The molecule has 1 N–H and O–H groups in total. The van der Waals surface area contributed by atoms with Crippen molar-refractivity contribution in [1.82, 2.24) is 0 Å². The van der Waals surface area contributed by atoms with Gasteiger partial charge in [0.25, 0.3) is 0 Å². The lowest BCUT2D eigenvalue weighted by Crippen LogP contribution is -1.88. The summed E-state index contributed by atoms with van der Waals surface area (Å²) in [7, 11) is 0. The maximum Gasteiger partial charge on any atom is 0.156 e. The Hall–Kier alpha value is -0.110. The SMILES string of the molecule is CCCCC(O)=S. The molecular weight excluding hydrogens is 108 g/mol. The molecule has 0 rings (SSSR count). The van der Waals surface area contributed by atoms with Gasteiger partial charge in [0.2, 0.25) is 0 Å². The Labute approximate surface area is 49.4 Å². The van der Waals surface area contributed by atoms with Gasteiger partial charge < -0.3 is 5.11 Å². The molecule has 2 heteroatoms. The van der Waals surface area contributed by atoms with E-state index >= 15 is 0 Å². The molecule has 0 heterocycles. The van der Waals surface area contributed by atoms with E-state index in [1.165, 1.54) is 0 Å². The molecule has 1 nitrogen and oxygen atoms in total. The molecule has 0 atom stereocenters. The van der Waals surface area contributed by atoms with Gasteiger partial charge in [-0.15, -0.1) is 0 Å². The van der Waals surface area contributed by atoms with E-state index in [9.17, 15) is 0 Å². The molecule has 42 valence electrons. The third kappa shape index (κ3) is 5.89. The summed E-state index contributed by atoms with van der Waals surface area (Å²) in [5, 5.41) is 8.56. The largest absolute Gasteiger partial charge is 0.502 e. The van der Waals surface area contributed by atoms with Crippen molar-refractivity contribution in [3.63, 3.8) is 0 Å². The summed E-state index contributed by atoms with van der Waals surface area (Å²) in [5.41, 5.74) is 0. The summed E-state index contributed by atoms with van der Waals surface area (Å²) in [4.78, 5) is 0. The molecular formula is C5H10OS. The summed E-state index contributed by atoms with van der Waals surface area (Å²) >= 11 is 4.42. The Morgan fingerprint density at radius 2 is 2.29 bits per heavy atom. The van der Waals surface area contributed by atoms with Crippen LogP contribution < -0.4 is 0 Å². The number of hydrogen-bond donors (Lipinski definition) is 1. The van der Waals surface area contributed by atoms with Crippen LogP contribution in [0.1, 0.15) is 26.2 Å². The molecule has 0 saturated carbocycles. The molecule has 0 aliphatic carbocycles. The van der Waals surface area contributed by atoms with Crippen LogP contribution in [0.15, 0.2) is 0 Å². The highest BCUT2D eigenvalue weighted by Crippen LogP contribution is 1.93. The van der Waals surface area contributed by atoms with Crippen molar-refractivity contribution in [2.45, 2.75) is 26.2 Å². The summed E-state index contributed by atoms with van der Waals surface area (Å²) in [6.07, 6.45) is 2.79. The van der Waals surface area contributed by atoms with Gasteiger partial charge in [0, 0.05) is 6.42 Å². The first kappa shape index (κ1) is 6.89. The molecule has 0 aromatic rings. The van der Waals surface area contributed by atoms with Crippen LogP contribution in [0, 0.1) is 0 Å². The second kappa shape index (κ2) is 4.06. The highest BCUT2D eigenvalue weighted by Gasteiger charge is 1.86. The molecule has 0 aromatic carbocycles. The second-order valence-corrected chi connectivity index (χ2v) is 1.97. The monoisotopic (exact) mass is 118 g/mol. The predicted molar refractivity (Wildman–Crippen MR) is 34.8 cm³/mol. The molecule has 0 aliphatic rings. The predicted octanol–water partition coefficient (Wildman–Crippen LogP) is 2.06. The van der Waals surface area contributed by atoms with E-state index in [4.69, 9.17) is 5.11 Å². The molecule has 0 aliphatic heterocycles. The van der Waals surface area contributed by atoms with Gasteiger partial charge in [0.1, 0.15) is 0 Å². The van der Waals surface area contributed by atoms with E-state index in [-0.39, 0.29) is 5.05 Å². The first-order chi connectivity index (χ1) is 3.27. The summed E-state index contributed by atoms with van der Waals surface area (Å²) in [5.74, 6) is 0. The van der Waals surface area contributed by atoms with Crippen LogP contribution in [0.3, 0.4) is 0 Å². The maximum absolute atomic E-state index is 8.41. The van der Waals surface area contributed by atoms with E-state index in [0.29, 0.717) is 6.42 Å². The zero-order chi connectivity index (χ0) is 5.70. The van der Waals surface area contributed by atoms with Gasteiger partial charge in [0.15, 0.2) is 5.05 Å². The lowest BCUT2D eigenvalue weighted by Gasteiger charge is -1.88. The molecule has 0 bridgehead atoms.